The van der Waals surface area contributed by atoms with Crippen molar-refractivity contribution < 1.29 is 14.3 Å². The van der Waals surface area contributed by atoms with Gasteiger partial charge in [-0.15, -0.1) is 0 Å². The lowest BCUT2D eigenvalue weighted by atomic mass is 9.66. The van der Waals surface area contributed by atoms with Crippen molar-refractivity contribution >= 4 is 6.09 Å². The van der Waals surface area contributed by atoms with Gasteiger partial charge in [0.05, 0.1) is 13.7 Å². The number of methoxy groups -OCH3 is 1. The van der Waals surface area contributed by atoms with Gasteiger partial charge in [0.15, 0.2) is 0 Å². The molecule has 162 valence electrons. The molecule has 1 fully saturated rings. The number of amides is 1. The third-order valence-electron chi connectivity index (χ3n) is 6.33. The van der Waals surface area contributed by atoms with Crippen LogP contribution in [0.5, 0.6) is 5.75 Å². The summed E-state index contributed by atoms with van der Waals surface area (Å²) in [6.07, 6.45) is 4.06. The average Bonchev–Trinajstić information content (AvgIpc) is 2.80. The molecule has 1 atom stereocenters. The summed E-state index contributed by atoms with van der Waals surface area (Å²) in [4.78, 5) is 14.2. The van der Waals surface area contributed by atoms with E-state index in [0.717, 1.165) is 43.4 Å². The maximum atomic E-state index is 12.4. The number of unbranched alkanes of at least 4 members (excludes halogenated alkanes) is 1. The fourth-order valence-corrected chi connectivity index (χ4v) is 4.43. The Labute approximate surface area is 180 Å². The van der Waals surface area contributed by atoms with Crippen molar-refractivity contribution in [3.8, 4) is 5.75 Å². The second kappa shape index (κ2) is 10.5. The molecule has 0 bridgehead atoms. The van der Waals surface area contributed by atoms with Gasteiger partial charge in [-0.25, -0.2) is 4.79 Å². The molecule has 2 N–H and O–H groups in total. The van der Waals surface area contributed by atoms with Gasteiger partial charge in [-0.3, -0.25) is 0 Å². The van der Waals surface area contributed by atoms with E-state index in [1.165, 1.54) is 5.56 Å². The summed E-state index contributed by atoms with van der Waals surface area (Å²) in [5.74, 6) is 0.869. The van der Waals surface area contributed by atoms with E-state index in [4.69, 9.17) is 15.2 Å². The third kappa shape index (κ3) is 4.96. The Kier molecular flexibility index (Phi) is 7.75. The maximum absolute atomic E-state index is 12.4. The Hall–Kier alpha value is -2.53. The minimum Gasteiger partial charge on any atom is -0.496 e. The van der Waals surface area contributed by atoms with Gasteiger partial charge in [-0.1, -0.05) is 61.9 Å². The van der Waals surface area contributed by atoms with Gasteiger partial charge in [0.2, 0.25) is 0 Å². The van der Waals surface area contributed by atoms with Crippen LogP contribution in [0.1, 0.15) is 43.7 Å². The number of benzene rings is 2. The highest BCUT2D eigenvalue weighted by molar-refractivity contribution is 5.67. The van der Waals surface area contributed by atoms with Gasteiger partial charge < -0.3 is 20.1 Å². The molecule has 0 saturated carbocycles. The number of carbonyl (C=O) groups excluding carboxylic acids is 1. The number of nitrogens with zero attached hydrogens (tertiary/aromatic N) is 1. The smallest absolute Gasteiger partial charge is 0.409 e. The standard InChI is InChI=1S/C25H34N2O3/c1-3-4-18-30-24(28)27-16-14-25(15-17-27,21-11-6-5-7-12-21)23(26)19-20-10-8-9-13-22(20)29-2/h5-13,23H,3-4,14-19,26H2,1-2H3. The normalized spacial score (nSPS) is 16.7. The Morgan fingerprint density at radius 2 is 1.77 bits per heavy atom. The summed E-state index contributed by atoms with van der Waals surface area (Å²) in [6, 6.07) is 18.5. The van der Waals surface area contributed by atoms with Crippen molar-refractivity contribution in [2.24, 2.45) is 5.73 Å². The Bertz CT molecular complexity index is 801. The molecule has 30 heavy (non-hydrogen) atoms. The lowest BCUT2D eigenvalue weighted by Crippen LogP contribution is -2.54. The fraction of sp³-hybridized carbons (Fsp3) is 0.480. The lowest BCUT2D eigenvalue weighted by Gasteiger charge is -2.45. The number of para-hydroxylation sites is 1. The first kappa shape index (κ1) is 22.2. The van der Waals surface area contributed by atoms with E-state index in [1.54, 1.807) is 7.11 Å². The zero-order chi connectivity index (χ0) is 21.4. The average molecular weight is 411 g/mol. The molecule has 1 saturated heterocycles. The molecule has 2 aromatic carbocycles. The van der Waals surface area contributed by atoms with Crippen molar-refractivity contribution in [3.63, 3.8) is 0 Å². The summed E-state index contributed by atoms with van der Waals surface area (Å²) in [6.45, 7) is 3.88. The van der Waals surface area contributed by atoms with Crippen LogP contribution in [0.15, 0.2) is 54.6 Å². The van der Waals surface area contributed by atoms with Crippen molar-refractivity contribution in [1.82, 2.24) is 4.90 Å². The molecule has 3 rings (SSSR count). The molecule has 1 heterocycles. The van der Waals surface area contributed by atoms with E-state index in [-0.39, 0.29) is 17.6 Å². The Morgan fingerprint density at radius 3 is 2.43 bits per heavy atom. The van der Waals surface area contributed by atoms with Crippen LogP contribution in [0.4, 0.5) is 4.79 Å². The van der Waals surface area contributed by atoms with Gasteiger partial charge in [-0.05, 0) is 42.9 Å². The molecule has 0 radical (unpaired) electrons. The molecule has 5 nitrogen and oxygen atoms in total. The molecule has 2 aromatic rings. The first-order chi connectivity index (χ1) is 14.6. The topological polar surface area (TPSA) is 64.8 Å². The number of piperidine rings is 1. The second-order valence-electron chi connectivity index (χ2n) is 8.10. The number of nitrogens with two attached hydrogens (primary N) is 1. The van der Waals surface area contributed by atoms with E-state index in [1.807, 2.05) is 29.2 Å². The largest absolute Gasteiger partial charge is 0.496 e. The van der Waals surface area contributed by atoms with E-state index in [2.05, 4.69) is 37.3 Å². The molecule has 5 heteroatoms. The maximum Gasteiger partial charge on any atom is 0.409 e. The second-order valence-corrected chi connectivity index (χ2v) is 8.10. The van der Waals surface area contributed by atoms with Crippen LogP contribution in [-0.4, -0.2) is 43.8 Å². The van der Waals surface area contributed by atoms with Crippen LogP contribution in [0.25, 0.3) is 0 Å². The number of likely N-dealkylation sites (tertiary alicyclic amines) is 1. The van der Waals surface area contributed by atoms with E-state index in [0.29, 0.717) is 19.7 Å². The minimum atomic E-state index is -0.205. The number of rotatable bonds is 8. The molecule has 0 aromatic heterocycles. The van der Waals surface area contributed by atoms with Gasteiger partial charge in [0, 0.05) is 24.5 Å². The van der Waals surface area contributed by atoms with E-state index < -0.39 is 0 Å². The molecule has 1 amide bonds. The van der Waals surface area contributed by atoms with Crippen LogP contribution in [0.3, 0.4) is 0 Å². The van der Waals surface area contributed by atoms with Crippen LogP contribution in [0.2, 0.25) is 0 Å². The monoisotopic (exact) mass is 410 g/mol. The molecule has 0 aliphatic carbocycles. The zero-order valence-electron chi connectivity index (χ0n) is 18.2. The van der Waals surface area contributed by atoms with Crippen molar-refractivity contribution in [2.75, 3.05) is 26.8 Å². The van der Waals surface area contributed by atoms with Gasteiger partial charge in [-0.2, -0.15) is 0 Å². The molecule has 0 spiro atoms. The van der Waals surface area contributed by atoms with Gasteiger partial charge in [0.25, 0.3) is 0 Å². The van der Waals surface area contributed by atoms with E-state index >= 15 is 0 Å². The van der Waals surface area contributed by atoms with Crippen LogP contribution in [0, 0.1) is 0 Å². The Balaban J connectivity index is 1.78. The SMILES string of the molecule is CCCCOC(=O)N1CCC(c2ccccc2)(C(N)Cc2ccccc2OC)CC1. The van der Waals surface area contributed by atoms with Gasteiger partial charge >= 0.3 is 6.09 Å². The molecule has 1 aliphatic rings. The van der Waals surface area contributed by atoms with Crippen LogP contribution in [-0.2, 0) is 16.6 Å². The lowest BCUT2D eigenvalue weighted by molar-refractivity contribution is 0.0768. The molecular formula is C25H34N2O3. The number of hydrogen-bond acceptors (Lipinski definition) is 4. The summed E-state index contributed by atoms with van der Waals surface area (Å²) in [7, 11) is 1.69. The molecule has 1 aliphatic heterocycles. The quantitative estimate of drug-likeness (QED) is 0.649. The third-order valence-corrected chi connectivity index (χ3v) is 6.33. The number of carbonyl (C=O) groups is 1. The van der Waals surface area contributed by atoms with Crippen molar-refractivity contribution in [2.45, 2.75) is 50.5 Å². The first-order valence-electron chi connectivity index (χ1n) is 11.0. The Morgan fingerprint density at radius 1 is 1.10 bits per heavy atom. The number of hydrogen-bond donors (Lipinski definition) is 1. The van der Waals surface area contributed by atoms with Crippen molar-refractivity contribution in [1.29, 1.82) is 0 Å². The minimum absolute atomic E-state index is 0.0885. The number of ether oxygens (including phenoxy) is 2. The highest BCUT2D eigenvalue weighted by Gasteiger charge is 2.42. The summed E-state index contributed by atoms with van der Waals surface area (Å²) in [5, 5.41) is 0. The molecular weight excluding hydrogens is 376 g/mol. The zero-order valence-corrected chi connectivity index (χ0v) is 18.2. The van der Waals surface area contributed by atoms with E-state index in [9.17, 15) is 4.79 Å². The summed E-state index contributed by atoms with van der Waals surface area (Å²) < 4.78 is 11.0. The van der Waals surface area contributed by atoms with Crippen molar-refractivity contribution in [3.05, 3.63) is 65.7 Å². The highest BCUT2D eigenvalue weighted by Crippen LogP contribution is 2.40. The highest BCUT2D eigenvalue weighted by atomic mass is 16.6. The van der Waals surface area contributed by atoms with Crippen LogP contribution < -0.4 is 10.5 Å². The fourth-order valence-electron chi connectivity index (χ4n) is 4.43. The predicted molar refractivity (Wildman–Crippen MR) is 120 cm³/mol. The predicted octanol–water partition coefficient (Wildman–Crippen LogP) is 4.54. The summed E-state index contributed by atoms with van der Waals surface area (Å²) >= 11 is 0. The van der Waals surface area contributed by atoms with Gasteiger partial charge in [0.1, 0.15) is 5.75 Å². The summed E-state index contributed by atoms with van der Waals surface area (Å²) in [5.41, 5.74) is 9.07. The first-order valence-corrected chi connectivity index (χ1v) is 11.0. The molecule has 1 unspecified atom stereocenters. The van der Waals surface area contributed by atoms with Crippen LogP contribution >= 0.6 is 0 Å².